The molecule has 0 saturated carbocycles. The Balaban J connectivity index is 2.57. The fourth-order valence-corrected chi connectivity index (χ4v) is 1.57. The lowest BCUT2D eigenvalue weighted by Gasteiger charge is -2.06. The second kappa shape index (κ2) is 4.35. The van der Waals surface area contributed by atoms with E-state index in [-0.39, 0.29) is 5.92 Å². The fourth-order valence-electron chi connectivity index (χ4n) is 1.57. The largest absolute Gasteiger partial charge is 0.387 e. The lowest BCUT2D eigenvalue weighted by molar-refractivity contribution is 0.873. The van der Waals surface area contributed by atoms with Gasteiger partial charge < -0.3 is 5.73 Å². The van der Waals surface area contributed by atoms with E-state index < -0.39 is 0 Å². The van der Waals surface area contributed by atoms with Crippen molar-refractivity contribution in [3.05, 3.63) is 42.5 Å². The molecule has 0 aliphatic carbocycles. The Bertz CT molecular complexity index is 522. The van der Waals surface area contributed by atoms with Crippen LogP contribution in [0.15, 0.2) is 47.5 Å². The summed E-state index contributed by atoms with van der Waals surface area (Å²) in [5, 5.41) is 2.34. The van der Waals surface area contributed by atoms with Crippen molar-refractivity contribution in [2.75, 3.05) is 0 Å². The molecule has 2 N–H and O–H groups in total. The maximum atomic E-state index is 5.89. The van der Waals surface area contributed by atoms with Gasteiger partial charge in [0, 0.05) is 11.3 Å². The Morgan fingerprint density at radius 1 is 1.06 bits per heavy atom. The zero-order valence-electron chi connectivity index (χ0n) is 9.64. The van der Waals surface area contributed by atoms with Crippen molar-refractivity contribution in [1.29, 1.82) is 0 Å². The first-order chi connectivity index (χ1) is 7.68. The minimum atomic E-state index is 0.277. The molecule has 82 valence electrons. The third kappa shape index (κ3) is 2.06. The molecule has 2 rings (SSSR count). The number of rotatable bonds is 2. The van der Waals surface area contributed by atoms with Crippen molar-refractivity contribution in [2.45, 2.75) is 13.8 Å². The molecule has 0 aliphatic heterocycles. The number of fused-ring (bicyclic) bond motifs is 1. The van der Waals surface area contributed by atoms with Crippen LogP contribution in [0.2, 0.25) is 0 Å². The highest BCUT2D eigenvalue weighted by Gasteiger charge is 2.02. The molecule has 0 heterocycles. The van der Waals surface area contributed by atoms with Crippen molar-refractivity contribution in [1.82, 2.24) is 0 Å². The molecule has 2 aromatic carbocycles. The van der Waals surface area contributed by atoms with Crippen LogP contribution >= 0.6 is 0 Å². The highest BCUT2D eigenvalue weighted by molar-refractivity contribution is 5.96. The van der Waals surface area contributed by atoms with Crippen LogP contribution in [0.5, 0.6) is 0 Å². The second-order valence-electron chi connectivity index (χ2n) is 4.19. The van der Waals surface area contributed by atoms with Gasteiger partial charge in [0.05, 0.1) is 5.69 Å². The second-order valence-corrected chi connectivity index (χ2v) is 4.19. The van der Waals surface area contributed by atoms with Gasteiger partial charge in [-0.15, -0.1) is 0 Å². The van der Waals surface area contributed by atoms with Gasteiger partial charge in [-0.05, 0) is 11.5 Å². The Hall–Kier alpha value is -1.83. The maximum Gasteiger partial charge on any atom is 0.102 e. The van der Waals surface area contributed by atoms with Gasteiger partial charge in [-0.2, -0.15) is 0 Å². The number of nitrogens with two attached hydrogens (primary N) is 1. The summed E-state index contributed by atoms with van der Waals surface area (Å²) in [7, 11) is 0. The Morgan fingerprint density at radius 2 is 1.75 bits per heavy atom. The molecule has 2 aromatic rings. The molecule has 0 bridgehead atoms. The van der Waals surface area contributed by atoms with Gasteiger partial charge in [-0.25, -0.2) is 4.99 Å². The fraction of sp³-hybridized carbons (Fsp3) is 0.214. The van der Waals surface area contributed by atoms with Crippen molar-refractivity contribution in [2.24, 2.45) is 16.6 Å². The first-order valence-electron chi connectivity index (χ1n) is 5.50. The number of aliphatic imine (C=N–C) groups is 1. The zero-order chi connectivity index (χ0) is 11.5. The van der Waals surface area contributed by atoms with E-state index in [1.807, 2.05) is 38.1 Å². The molecule has 0 atom stereocenters. The van der Waals surface area contributed by atoms with Crippen LogP contribution in [-0.4, -0.2) is 5.84 Å². The molecule has 2 heteroatoms. The van der Waals surface area contributed by atoms with Gasteiger partial charge >= 0.3 is 0 Å². The highest BCUT2D eigenvalue weighted by atomic mass is 14.9. The van der Waals surface area contributed by atoms with E-state index >= 15 is 0 Å². The molecule has 0 radical (unpaired) electrons. The van der Waals surface area contributed by atoms with E-state index in [2.05, 4.69) is 23.2 Å². The lowest BCUT2D eigenvalue weighted by atomic mass is 10.1. The first kappa shape index (κ1) is 10.7. The van der Waals surface area contributed by atoms with Crippen LogP contribution in [0.4, 0.5) is 5.69 Å². The zero-order valence-corrected chi connectivity index (χ0v) is 9.64. The summed E-state index contributed by atoms with van der Waals surface area (Å²) in [6, 6.07) is 14.3. The molecule has 0 amide bonds. The molecule has 0 aliphatic rings. The maximum absolute atomic E-state index is 5.89. The average Bonchev–Trinajstić information content (AvgIpc) is 2.29. The number of benzene rings is 2. The van der Waals surface area contributed by atoms with Crippen LogP contribution in [0.25, 0.3) is 10.8 Å². The normalized spacial score (nSPS) is 12.3. The summed E-state index contributed by atoms with van der Waals surface area (Å²) in [6.45, 7) is 4.09. The third-order valence-corrected chi connectivity index (χ3v) is 2.61. The lowest BCUT2D eigenvalue weighted by Crippen LogP contribution is -2.18. The molecule has 16 heavy (non-hydrogen) atoms. The van der Waals surface area contributed by atoms with Crippen LogP contribution in [0.1, 0.15) is 13.8 Å². The van der Waals surface area contributed by atoms with Crippen LogP contribution in [0.3, 0.4) is 0 Å². The van der Waals surface area contributed by atoms with E-state index in [4.69, 9.17) is 5.73 Å². The van der Waals surface area contributed by atoms with E-state index in [1.165, 1.54) is 5.39 Å². The third-order valence-electron chi connectivity index (χ3n) is 2.61. The Labute approximate surface area is 95.8 Å². The summed E-state index contributed by atoms with van der Waals surface area (Å²) in [4.78, 5) is 4.48. The van der Waals surface area contributed by atoms with Crippen LogP contribution in [0, 0.1) is 5.92 Å². The monoisotopic (exact) mass is 212 g/mol. The van der Waals surface area contributed by atoms with Gasteiger partial charge in [-0.3, -0.25) is 0 Å². The molecular weight excluding hydrogens is 196 g/mol. The number of nitrogens with zero attached hydrogens (tertiary/aromatic N) is 1. The van der Waals surface area contributed by atoms with E-state index in [0.29, 0.717) is 5.84 Å². The Kier molecular flexibility index (Phi) is 2.91. The van der Waals surface area contributed by atoms with Crippen molar-refractivity contribution in [3.8, 4) is 0 Å². The van der Waals surface area contributed by atoms with E-state index in [1.54, 1.807) is 0 Å². The standard InChI is InChI=1S/C14H16N2/c1-10(2)14(15)16-13-9-5-7-11-6-3-4-8-12(11)13/h3-10H,1-2H3,(H2,15,16). The topological polar surface area (TPSA) is 38.4 Å². The van der Waals surface area contributed by atoms with E-state index in [9.17, 15) is 0 Å². The summed E-state index contributed by atoms with van der Waals surface area (Å²) >= 11 is 0. The van der Waals surface area contributed by atoms with Crippen LogP contribution < -0.4 is 5.73 Å². The molecule has 0 aromatic heterocycles. The van der Waals surface area contributed by atoms with Gasteiger partial charge in [0.1, 0.15) is 5.84 Å². The summed E-state index contributed by atoms with van der Waals surface area (Å²) in [5.41, 5.74) is 6.84. The minimum Gasteiger partial charge on any atom is -0.387 e. The van der Waals surface area contributed by atoms with Gasteiger partial charge in [0.25, 0.3) is 0 Å². The molecule has 0 fully saturated rings. The number of amidine groups is 1. The summed E-state index contributed by atoms with van der Waals surface area (Å²) in [5.74, 6) is 0.954. The first-order valence-corrected chi connectivity index (χ1v) is 5.50. The molecule has 0 saturated heterocycles. The number of hydrogen-bond donors (Lipinski definition) is 1. The molecular formula is C14H16N2. The summed E-state index contributed by atoms with van der Waals surface area (Å²) in [6.07, 6.45) is 0. The van der Waals surface area contributed by atoms with Gasteiger partial charge in [0.15, 0.2) is 0 Å². The molecule has 0 spiro atoms. The van der Waals surface area contributed by atoms with E-state index in [0.717, 1.165) is 11.1 Å². The predicted octanol–water partition coefficient (Wildman–Crippen LogP) is 3.48. The summed E-state index contributed by atoms with van der Waals surface area (Å²) < 4.78 is 0. The van der Waals surface area contributed by atoms with Crippen molar-refractivity contribution >= 4 is 22.3 Å². The predicted molar refractivity (Wildman–Crippen MR) is 70.1 cm³/mol. The minimum absolute atomic E-state index is 0.277. The van der Waals surface area contributed by atoms with Gasteiger partial charge in [-0.1, -0.05) is 50.2 Å². The van der Waals surface area contributed by atoms with Crippen molar-refractivity contribution < 1.29 is 0 Å². The quantitative estimate of drug-likeness (QED) is 0.600. The Morgan fingerprint density at radius 3 is 2.50 bits per heavy atom. The highest BCUT2D eigenvalue weighted by Crippen LogP contribution is 2.25. The average molecular weight is 212 g/mol. The van der Waals surface area contributed by atoms with Gasteiger partial charge in [0.2, 0.25) is 0 Å². The number of hydrogen-bond acceptors (Lipinski definition) is 1. The van der Waals surface area contributed by atoms with Crippen molar-refractivity contribution in [3.63, 3.8) is 0 Å². The van der Waals surface area contributed by atoms with Crippen LogP contribution in [-0.2, 0) is 0 Å². The SMILES string of the molecule is CC(C)C(N)=Nc1cccc2ccccc12. The molecule has 2 nitrogen and oxygen atoms in total. The molecule has 0 unspecified atom stereocenters. The smallest absolute Gasteiger partial charge is 0.102 e.